The molecule has 0 bridgehead atoms. The van der Waals surface area contributed by atoms with Crippen molar-refractivity contribution in [1.82, 2.24) is 4.98 Å². The minimum Gasteiger partial charge on any atom is -0.381 e. The number of rotatable bonds is 0. The molecule has 0 atom stereocenters. The molecule has 0 saturated heterocycles. The molecule has 2 heteroatoms. The lowest BCUT2D eigenvalue weighted by Crippen LogP contribution is -2.03. The molecule has 0 amide bonds. The molecule has 4 rings (SSSR count). The Bertz CT molecular complexity index is 708. The number of benzene rings is 2. The van der Waals surface area contributed by atoms with E-state index in [1.54, 1.807) is 0 Å². The fourth-order valence-electron chi connectivity index (χ4n) is 2.19. The van der Waals surface area contributed by atoms with Gasteiger partial charge >= 0.3 is 0 Å². The van der Waals surface area contributed by atoms with Crippen LogP contribution in [-0.4, -0.2) is 11.5 Å². The Hall–Kier alpha value is -2.61. The number of para-hydroxylation sites is 1. The number of nitrogens with zero attached hydrogens (tertiary/aromatic N) is 1. The summed E-state index contributed by atoms with van der Waals surface area (Å²) in [5.41, 5.74) is 2.53. The maximum absolute atomic E-state index is 4.01. The predicted molar refractivity (Wildman–Crippen MR) is 129 cm³/mol. The van der Waals surface area contributed by atoms with E-state index >= 15 is 0 Å². The Morgan fingerprint density at radius 1 is 0.786 bits per heavy atom. The number of aromatic nitrogens is 1. The summed E-state index contributed by atoms with van der Waals surface area (Å²) in [6.45, 7) is 15.5. The lowest BCUT2D eigenvalue weighted by molar-refractivity contribution is 0.737. The molecule has 0 unspecified atom stereocenters. The van der Waals surface area contributed by atoms with Gasteiger partial charge < -0.3 is 5.32 Å². The standard InChI is InChI=1S/C9H9N.C9H7N.C4H10.2C2H6/c1-2-6-9-8(4-1)5-3-7-10-9;1-2-4-9-7-10-6-5-8(9)3-1;1-4(2)3;2*1-2/h1-6,10H,7H2;1-7H;4H,1-3H3;2*1-2H3. The van der Waals surface area contributed by atoms with Crippen LogP contribution < -0.4 is 5.32 Å². The first kappa shape index (κ1) is 25.4. The van der Waals surface area contributed by atoms with E-state index in [2.05, 4.69) is 73.6 Å². The number of pyridine rings is 1. The topological polar surface area (TPSA) is 24.9 Å². The van der Waals surface area contributed by atoms with Gasteiger partial charge in [0.15, 0.2) is 0 Å². The molecule has 152 valence electrons. The highest BCUT2D eigenvalue weighted by molar-refractivity contribution is 5.80. The summed E-state index contributed by atoms with van der Waals surface area (Å²) in [6.07, 6.45) is 7.95. The quantitative estimate of drug-likeness (QED) is 0.427. The maximum atomic E-state index is 4.01. The smallest absolute Gasteiger partial charge is 0.0416 e. The van der Waals surface area contributed by atoms with Gasteiger partial charge in [-0.2, -0.15) is 0 Å². The zero-order chi connectivity index (χ0) is 21.2. The highest BCUT2D eigenvalue weighted by Crippen LogP contribution is 2.18. The predicted octanol–water partition coefficient (Wildman–Crippen LogP) is 8.07. The van der Waals surface area contributed by atoms with E-state index in [0.29, 0.717) is 0 Å². The number of anilines is 1. The highest BCUT2D eigenvalue weighted by atomic mass is 14.9. The third kappa shape index (κ3) is 10.5. The largest absolute Gasteiger partial charge is 0.381 e. The van der Waals surface area contributed by atoms with Crippen molar-refractivity contribution in [2.24, 2.45) is 5.92 Å². The van der Waals surface area contributed by atoms with E-state index in [1.807, 2.05) is 64.4 Å². The third-order valence-corrected chi connectivity index (χ3v) is 3.22. The second-order valence-corrected chi connectivity index (χ2v) is 6.33. The molecule has 2 aromatic carbocycles. The molecule has 1 N–H and O–H groups in total. The van der Waals surface area contributed by atoms with Gasteiger partial charge in [-0.1, -0.05) is 103 Å². The SMILES string of the molecule is C1=Cc2ccccc2NC1.CC.CC.CC(C)C.c1ccc2cnccc2c1. The van der Waals surface area contributed by atoms with Crippen molar-refractivity contribution in [2.45, 2.75) is 48.5 Å². The molecule has 1 aliphatic heterocycles. The van der Waals surface area contributed by atoms with Gasteiger partial charge in [-0.15, -0.1) is 0 Å². The summed E-state index contributed by atoms with van der Waals surface area (Å²) >= 11 is 0. The van der Waals surface area contributed by atoms with Crippen LogP contribution in [0.15, 0.2) is 73.1 Å². The van der Waals surface area contributed by atoms with Gasteiger partial charge in [0.25, 0.3) is 0 Å². The average Bonchev–Trinajstić information content (AvgIpc) is 2.77. The molecule has 1 aliphatic rings. The zero-order valence-corrected chi connectivity index (χ0v) is 18.7. The van der Waals surface area contributed by atoms with Gasteiger partial charge in [-0.3, -0.25) is 4.98 Å². The second-order valence-electron chi connectivity index (χ2n) is 6.33. The van der Waals surface area contributed by atoms with Crippen LogP contribution in [0.3, 0.4) is 0 Å². The van der Waals surface area contributed by atoms with Crippen LogP contribution in [0.4, 0.5) is 5.69 Å². The zero-order valence-electron chi connectivity index (χ0n) is 18.7. The summed E-state index contributed by atoms with van der Waals surface area (Å²) in [7, 11) is 0. The van der Waals surface area contributed by atoms with Crippen LogP contribution in [-0.2, 0) is 0 Å². The Morgan fingerprint density at radius 3 is 1.96 bits per heavy atom. The van der Waals surface area contributed by atoms with Gasteiger partial charge in [-0.25, -0.2) is 0 Å². The molecule has 3 aromatic rings. The van der Waals surface area contributed by atoms with E-state index in [1.165, 1.54) is 22.0 Å². The number of hydrogen-bond acceptors (Lipinski definition) is 2. The van der Waals surface area contributed by atoms with Crippen molar-refractivity contribution >= 4 is 22.5 Å². The summed E-state index contributed by atoms with van der Waals surface area (Å²) in [6, 6.07) is 18.5. The molecular weight excluding hydrogens is 340 g/mol. The van der Waals surface area contributed by atoms with E-state index in [0.717, 1.165) is 12.5 Å². The molecule has 0 aliphatic carbocycles. The minimum absolute atomic E-state index is 0.833. The first-order chi connectivity index (χ1) is 13.7. The van der Waals surface area contributed by atoms with Crippen LogP contribution in [0.25, 0.3) is 16.8 Å². The summed E-state index contributed by atoms with van der Waals surface area (Å²) in [4.78, 5) is 4.01. The summed E-state index contributed by atoms with van der Waals surface area (Å²) in [5, 5.41) is 5.72. The molecule has 2 heterocycles. The average molecular weight is 379 g/mol. The van der Waals surface area contributed by atoms with E-state index in [4.69, 9.17) is 0 Å². The van der Waals surface area contributed by atoms with Gasteiger partial charge in [0, 0.05) is 24.6 Å². The molecule has 28 heavy (non-hydrogen) atoms. The lowest BCUT2D eigenvalue weighted by Gasteiger charge is -2.11. The van der Waals surface area contributed by atoms with Crippen molar-refractivity contribution in [1.29, 1.82) is 0 Å². The first-order valence-corrected chi connectivity index (χ1v) is 10.4. The monoisotopic (exact) mass is 378 g/mol. The Morgan fingerprint density at radius 2 is 1.36 bits per heavy atom. The maximum Gasteiger partial charge on any atom is 0.0416 e. The van der Waals surface area contributed by atoms with Crippen LogP contribution in [0, 0.1) is 5.92 Å². The molecular formula is C26H38N2. The summed E-state index contributed by atoms with van der Waals surface area (Å²) in [5.74, 6) is 0.833. The highest BCUT2D eigenvalue weighted by Gasteiger charge is 1.98. The molecule has 0 saturated carbocycles. The van der Waals surface area contributed by atoms with Crippen LogP contribution in [0.1, 0.15) is 54.0 Å². The number of fused-ring (bicyclic) bond motifs is 2. The van der Waals surface area contributed by atoms with E-state index in [9.17, 15) is 0 Å². The summed E-state index contributed by atoms with van der Waals surface area (Å²) < 4.78 is 0. The molecule has 0 radical (unpaired) electrons. The van der Waals surface area contributed by atoms with Crippen molar-refractivity contribution in [2.75, 3.05) is 11.9 Å². The van der Waals surface area contributed by atoms with Gasteiger partial charge in [0.2, 0.25) is 0 Å². The fourth-order valence-corrected chi connectivity index (χ4v) is 2.19. The van der Waals surface area contributed by atoms with Gasteiger partial charge in [0.05, 0.1) is 0 Å². The van der Waals surface area contributed by atoms with Gasteiger partial charge in [0.1, 0.15) is 0 Å². The second kappa shape index (κ2) is 16.6. The fraction of sp³-hybridized carbons (Fsp3) is 0.346. The molecule has 1 aromatic heterocycles. The molecule has 0 spiro atoms. The van der Waals surface area contributed by atoms with E-state index in [-0.39, 0.29) is 0 Å². The van der Waals surface area contributed by atoms with Gasteiger partial charge in [-0.05, 0) is 34.4 Å². The number of nitrogens with one attached hydrogen (secondary N) is 1. The third-order valence-electron chi connectivity index (χ3n) is 3.22. The number of hydrogen-bond donors (Lipinski definition) is 1. The Labute approximate surface area is 172 Å². The van der Waals surface area contributed by atoms with Crippen molar-refractivity contribution < 1.29 is 0 Å². The minimum atomic E-state index is 0.833. The Balaban J connectivity index is 0.000000385. The molecule has 0 fully saturated rings. The van der Waals surface area contributed by atoms with E-state index < -0.39 is 0 Å². The molecule has 2 nitrogen and oxygen atoms in total. The lowest BCUT2D eigenvalue weighted by atomic mass is 10.1. The van der Waals surface area contributed by atoms with Crippen molar-refractivity contribution in [3.63, 3.8) is 0 Å². The van der Waals surface area contributed by atoms with Crippen LogP contribution in [0.5, 0.6) is 0 Å². The van der Waals surface area contributed by atoms with Crippen LogP contribution >= 0.6 is 0 Å². The Kier molecular flexibility index (Phi) is 15.0. The normalized spacial score (nSPS) is 10.3. The van der Waals surface area contributed by atoms with Crippen molar-refractivity contribution in [3.05, 3.63) is 78.6 Å². The first-order valence-electron chi connectivity index (χ1n) is 10.4. The van der Waals surface area contributed by atoms with Crippen molar-refractivity contribution in [3.8, 4) is 0 Å². The van der Waals surface area contributed by atoms with Crippen LogP contribution in [0.2, 0.25) is 0 Å².